The van der Waals surface area contributed by atoms with Crippen molar-refractivity contribution in [3.63, 3.8) is 0 Å². The first-order chi connectivity index (χ1) is 13.7. The van der Waals surface area contributed by atoms with Gasteiger partial charge in [-0.1, -0.05) is 67.5 Å². The predicted octanol–water partition coefficient (Wildman–Crippen LogP) is 5.08. The number of ether oxygens (including phenoxy) is 1. The van der Waals surface area contributed by atoms with Gasteiger partial charge in [0.05, 0.1) is 12.7 Å². The zero-order chi connectivity index (χ0) is 19.4. The lowest BCUT2D eigenvalue weighted by Crippen LogP contribution is -2.54. The molecule has 1 N–H and O–H groups in total. The summed E-state index contributed by atoms with van der Waals surface area (Å²) in [6.07, 6.45) is 9.75. The van der Waals surface area contributed by atoms with E-state index in [9.17, 15) is 5.11 Å². The van der Waals surface area contributed by atoms with Crippen LogP contribution in [0, 0.1) is 5.92 Å². The number of hydrogen-bond acceptors (Lipinski definition) is 3. The van der Waals surface area contributed by atoms with Crippen molar-refractivity contribution in [1.29, 1.82) is 0 Å². The van der Waals surface area contributed by atoms with E-state index in [1.165, 1.54) is 17.5 Å². The molecule has 3 heteroatoms. The lowest BCUT2D eigenvalue weighted by molar-refractivity contribution is -0.122. The summed E-state index contributed by atoms with van der Waals surface area (Å²) in [4.78, 5) is 2.55. The quantitative estimate of drug-likeness (QED) is 0.789. The van der Waals surface area contributed by atoms with Crippen molar-refractivity contribution in [2.45, 2.75) is 43.7 Å². The van der Waals surface area contributed by atoms with Crippen LogP contribution in [-0.4, -0.2) is 35.8 Å². The first-order valence-corrected chi connectivity index (χ1v) is 10.5. The van der Waals surface area contributed by atoms with Crippen molar-refractivity contribution in [3.05, 3.63) is 71.8 Å². The Morgan fingerprint density at radius 1 is 1.07 bits per heavy atom. The fourth-order valence-electron chi connectivity index (χ4n) is 5.08. The maximum absolute atomic E-state index is 11.4. The number of aliphatic hydroxyl groups is 1. The highest BCUT2D eigenvalue weighted by Gasteiger charge is 2.48. The fraction of sp³-hybridized carbons (Fsp3) is 0.440. The van der Waals surface area contributed by atoms with E-state index >= 15 is 0 Å². The molecule has 1 saturated carbocycles. The smallest absolute Gasteiger partial charge is 0.118 e. The first kappa shape index (κ1) is 19.2. The standard InChI is InChI=1S/C25H31NO2/c1-28-22-14-12-21(13-15-22)24-23-11-5-6-16-25(23,27)17-19-26(24)18-7-10-20-8-3-2-4-9-20/h2-4,7-10,12-15,23-24,27H,5-6,11,16-19H2,1H3/b10-7+/t23-,24+,25-/m1/s1. The summed E-state index contributed by atoms with van der Waals surface area (Å²) in [6, 6.07) is 19.2. The second-order valence-corrected chi connectivity index (χ2v) is 8.23. The molecule has 0 bridgehead atoms. The monoisotopic (exact) mass is 377 g/mol. The van der Waals surface area contributed by atoms with Crippen LogP contribution in [0.25, 0.3) is 6.08 Å². The highest BCUT2D eigenvalue weighted by molar-refractivity contribution is 5.48. The number of benzene rings is 2. The largest absolute Gasteiger partial charge is 0.497 e. The molecule has 3 nitrogen and oxygen atoms in total. The van der Waals surface area contributed by atoms with E-state index < -0.39 is 5.60 Å². The Labute approximate surface area is 168 Å². The van der Waals surface area contributed by atoms with E-state index in [1.807, 2.05) is 18.2 Å². The molecule has 0 unspecified atom stereocenters. The number of hydrogen-bond donors (Lipinski definition) is 1. The third kappa shape index (κ3) is 4.01. The molecule has 148 valence electrons. The minimum absolute atomic E-state index is 0.255. The number of fused-ring (bicyclic) bond motifs is 1. The molecular formula is C25H31NO2. The minimum atomic E-state index is -0.511. The van der Waals surface area contributed by atoms with Crippen molar-refractivity contribution in [2.75, 3.05) is 20.2 Å². The molecule has 2 aromatic carbocycles. The summed E-state index contributed by atoms with van der Waals surface area (Å²) in [5, 5.41) is 11.4. The summed E-state index contributed by atoms with van der Waals surface area (Å²) in [6.45, 7) is 1.83. The second-order valence-electron chi connectivity index (χ2n) is 8.23. The molecule has 28 heavy (non-hydrogen) atoms. The van der Waals surface area contributed by atoms with Crippen molar-refractivity contribution in [1.82, 2.24) is 4.90 Å². The maximum Gasteiger partial charge on any atom is 0.118 e. The molecule has 1 saturated heterocycles. The summed E-state index contributed by atoms with van der Waals surface area (Å²) in [5.74, 6) is 1.18. The van der Waals surface area contributed by atoms with Gasteiger partial charge in [0, 0.05) is 25.0 Å². The van der Waals surface area contributed by atoms with E-state index in [0.29, 0.717) is 5.92 Å². The molecule has 1 aliphatic heterocycles. The van der Waals surface area contributed by atoms with Crippen LogP contribution in [0.4, 0.5) is 0 Å². The number of rotatable bonds is 5. The van der Waals surface area contributed by atoms with Crippen LogP contribution >= 0.6 is 0 Å². The van der Waals surface area contributed by atoms with Gasteiger partial charge in [-0.15, -0.1) is 0 Å². The van der Waals surface area contributed by atoms with Gasteiger partial charge in [0.15, 0.2) is 0 Å². The summed E-state index contributed by atoms with van der Waals surface area (Å²) in [5.41, 5.74) is 2.01. The van der Waals surface area contributed by atoms with Crippen LogP contribution in [0.1, 0.15) is 49.3 Å². The van der Waals surface area contributed by atoms with Crippen molar-refractivity contribution in [2.24, 2.45) is 5.92 Å². The van der Waals surface area contributed by atoms with E-state index in [1.54, 1.807) is 7.11 Å². The topological polar surface area (TPSA) is 32.7 Å². The average molecular weight is 378 g/mol. The van der Waals surface area contributed by atoms with E-state index in [0.717, 1.165) is 44.5 Å². The molecule has 4 rings (SSSR count). The SMILES string of the molecule is COc1ccc([C@H]2[C@H]3CCCC[C@@]3(O)CCN2C/C=C/c2ccccc2)cc1. The number of methoxy groups -OCH3 is 1. The van der Waals surface area contributed by atoms with Crippen LogP contribution in [0.3, 0.4) is 0 Å². The highest BCUT2D eigenvalue weighted by Crippen LogP contribution is 2.49. The molecule has 2 aromatic rings. The van der Waals surface area contributed by atoms with Crippen LogP contribution in [-0.2, 0) is 0 Å². The van der Waals surface area contributed by atoms with E-state index in [2.05, 4.69) is 53.5 Å². The van der Waals surface area contributed by atoms with E-state index in [-0.39, 0.29) is 6.04 Å². The molecule has 0 radical (unpaired) electrons. The van der Waals surface area contributed by atoms with Crippen molar-refractivity contribution >= 4 is 6.08 Å². The molecule has 0 spiro atoms. The van der Waals surface area contributed by atoms with Gasteiger partial charge in [-0.3, -0.25) is 4.90 Å². The Kier molecular flexibility index (Phi) is 5.84. The molecule has 2 fully saturated rings. The maximum atomic E-state index is 11.4. The Morgan fingerprint density at radius 2 is 1.86 bits per heavy atom. The Balaban J connectivity index is 1.58. The lowest BCUT2D eigenvalue weighted by Gasteiger charge is -2.52. The molecular weight excluding hydrogens is 346 g/mol. The predicted molar refractivity (Wildman–Crippen MR) is 114 cm³/mol. The lowest BCUT2D eigenvalue weighted by atomic mass is 9.66. The Morgan fingerprint density at radius 3 is 2.61 bits per heavy atom. The molecule has 1 aliphatic carbocycles. The number of nitrogens with zero attached hydrogens (tertiary/aromatic N) is 1. The average Bonchev–Trinajstić information content (AvgIpc) is 2.74. The molecule has 0 aromatic heterocycles. The number of piperidine rings is 1. The van der Waals surface area contributed by atoms with Crippen LogP contribution in [0.5, 0.6) is 5.75 Å². The Hall–Kier alpha value is -2.10. The van der Waals surface area contributed by atoms with Gasteiger partial charge in [-0.05, 0) is 42.5 Å². The summed E-state index contributed by atoms with van der Waals surface area (Å²) in [7, 11) is 1.70. The summed E-state index contributed by atoms with van der Waals surface area (Å²) < 4.78 is 5.35. The third-order valence-electron chi connectivity index (χ3n) is 6.58. The van der Waals surface area contributed by atoms with Crippen molar-refractivity contribution < 1.29 is 9.84 Å². The van der Waals surface area contributed by atoms with E-state index in [4.69, 9.17) is 4.74 Å². The molecule has 0 amide bonds. The molecule has 2 aliphatic rings. The van der Waals surface area contributed by atoms with Gasteiger partial charge in [0.2, 0.25) is 0 Å². The molecule has 1 heterocycles. The van der Waals surface area contributed by atoms with Gasteiger partial charge in [-0.2, -0.15) is 0 Å². The summed E-state index contributed by atoms with van der Waals surface area (Å²) >= 11 is 0. The fourth-order valence-corrected chi connectivity index (χ4v) is 5.08. The van der Waals surface area contributed by atoms with Gasteiger partial charge < -0.3 is 9.84 Å². The zero-order valence-corrected chi connectivity index (χ0v) is 16.8. The first-order valence-electron chi connectivity index (χ1n) is 10.5. The second kappa shape index (κ2) is 8.50. The van der Waals surface area contributed by atoms with Gasteiger partial charge in [0.1, 0.15) is 5.75 Å². The Bertz CT molecular complexity index is 786. The zero-order valence-electron chi connectivity index (χ0n) is 16.8. The van der Waals surface area contributed by atoms with Crippen LogP contribution in [0.15, 0.2) is 60.7 Å². The van der Waals surface area contributed by atoms with Crippen molar-refractivity contribution in [3.8, 4) is 5.75 Å². The minimum Gasteiger partial charge on any atom is -0.497 e. The van der Waals surface area contributed by atoms with Gasteiger partial charge >= 0.3 is 0 Å². The molecule has 3 atom stereocenters. The van der Waals surface area contributed by atoms with Crippen LogP contribution in [0.2, 0.25) is 0 Å². The third-order valence-corrected chi connectivity index (χ3v) is 6.58. The normalized spacial score (nSPS) is 28.2. The highest BCUT2D eigenvalue weighted by atomic mass is 16.5. The number of likely N-dealkylation sites (tertiary alicyclic amines) is 1. The van der Waals surface area contributed by atoms with Gasteiger partial charge in [-0.25, -0.2) is 0 Å². The van der Waals surface area contributed by atoms with Gasteiger partial charge in [0.25, 0.3) is 0 Å². The van der Waals surface area contributed by atoms with Crippen LogP contribution < -0.4 is 4.74 Å².